The second-order valence-corrected chi connectivity index (χ2v) is 6.52. The molecular weight excluding hydrogens is 296 g/mol. The summed E-state index contributed by atoms with van der Waals surface area (Å²) in [6.07, 6.45) is 0. The molecule has 120 valence electrons. The Balaban J connectivity index is 0.00000116. The number of hydrogen-bond donors (Lipinski definition) is 1. The average molecular weight is 321 g/mol. The van der Waals surface area contributed by atoms with E-state index in [-0.39, 0.29) is 10.8 Å². The van der Waals surface area contributed by atoms with Crippen LogP contribution in [0.3, 0.4) is 0 Å². The van der Waals surface area contributed by atoms with Crippen molar-refractivity contribution in [3.8, 4) is 11.3 Å². The fourth-order valence-corrected chi connectivity index (χ4v) is 2.64. The standard InChI is InChI=1S/C16H19ClN2O.C2H6/c1-9-6-11(20)7-14(18-9)12-8-13(17)15(16(3,4)5)19-10(12)2;1-2/h6-8H,1-5H3,(H,18,20);1-2H3. The summed E-state index contributed by atoms with van der Waals surface area (Å²) < 4.78 is 0. The van der Waals surface area contributed by atoms with Gasteiger partial charge >= 0.3 is 0 Å². The summed E-state index contributed by atoms with van der Waals surface area (Å²) >= 11 is 6.36. The molecule has 4 heteroatoms. The molecule has 0 spiro atoms. The number of aryl methyl sites for hydroxylation is 2. The molecule has 0 saturated carbocycles. The van der Waals surface area contributed by atoms with E-state index in [2.05, 4.69) is 30.7 Å². The minimum Gasteiger partial charge on any atom is -0.358 e. The van der Waals surface area contributed by atoms with Gasteiger partial charge in [-0.15, -0.1) is 0 Å². The summed E-state index contributed by atoms with van der Waals surface area (Å²) in [5.74, 6) is 0. The van der Waals surface area contributed by atoms with Crippen LogP contribution in [0.4, 0.5) is 0 Å². The number of aromatic amines is 1. The normalized spacial score (nSPS) is 10.9. The van der Waals surface area contributed by atoms with Crippen LogP contribution in [0.25, 0.3) is 11.3 Å². The Morgan fingerprint density at radius 2 is 1.68 bits per heavy atom. The molecule has 0 radical (unpaired) electrons. The minimum absolute atomic E-state index is 0.0216. The van der Waals surface area contributed by atoms with Crippen LogP contribution in [0, 0.1) is 13.8 Å². The van der Waals surface area contributed by atoms with Crippen LogP contribution in [0.15, 0.2) is 23.0 Å². The van der Waals surface area contributed by atoms with E-state index in [1.807, 2.05) is 33.8 Å². The Labute approximate surface area is 137 Å². The maximum atomic E-state index is 11.6. The maximum Gasteiger partial charge on any atom is 0.182 e. The Hall–Kier alpha value is -1.61. The van der Waals surface area contributed by atoms with Gasteiger partial charge in [0, 0.05) is 34.5 Å². The summed E-state index contributed by atoms with van der Waals surface area (Å²) in [5, 5.41) is 0.625. The average Bonchev–Trinajstić information content (AvgIpc) is 2.41. The van der Waals surface area contributed by atoms with Gasteiger partial charge in [0.25, 0.3) is 0 Å². The number of halogens is 1. The van der Waals surface area contributed by atoms with Crippen molar-refractivity contribution in [2.75, 3.05) is 0 Å². The number of nitrogens with zero attached hydrogens (tertiary/aromatic N) is 1. The highest BCUT2D eigenvalue weighted by Gasteiger charge is 2.21. The van der Waals surface area contributed by atoms with Crippen molar-refractivity contribution >= 4 is 11.6 Å². The lowest BCUT2D eigenvalue weighted by Gasteiger charge is -2.21. The third kappa shape index (κ3) is 4.20. The van der Waals surface area contributed by atoms with Crippen molar-refractivity contribution in [3.05, 3.63) is 50.5 Å². The molecule has 2 aromatic heterocycles. The highest BCUT2D eigenvalue weighted by Crippen LogP contribution is 2.32. The molecule has 0 aromatic carbocycles. The lowest BCUT2D eigenvalue weighted by Crippen LogP contribution is -2.15. The van der Waals surface area contributed by atoms with Crippen LogP contribution in [-0.2, 0) is 5.41 Å². The van der Waals surface area contributed by atoms with Crippen molar-refractivity contribution in [1.82, 2.24) is 9.97 Å². The molecule has 3 nitrogen and oxygen atoms in total. The number of H-pyrrole nitrogens is 1. The van der Waals surface area contributed by atoms with Gasteiger partial charge in [-0.25, -0.2) is 0 Å². The lowest BCUT2D eigenvalue weighted by atomic mass is 9.90. The molecule has 0 atom stereocenters. The van der Waals surface area contributed by atoms with Gasteiger partial charge in [0.05, 0.1) is 16.4 Å². The first kappa shape index (κ1) is 18.4. The lowest BCUT2D eigenvalue weighted by molar-refractivity contribution is 0.567. The molecule has 0 aliphatic heterocycles. The number of nitrogens with one attached hydrogen (secondary N) is 1. The number of pyridine rings is 2. The zero-order valence-electron chi connectivity index (χ0n) is 14.5. The van der Waals surface area contributed by atoms with Gasteiger partial charge in [-0.2, -0.15) is 0 Å². The van der Waals surface area contributed by atoms with Crippen molar-refractivity contribution in [2.45, 2.75) is 53.9 Å². The topological polar surface area (TPSA) is 45.8 Å². The first-order valence-electron chi connectivity index (χ1n) is 7.57. The molecule has 0 saturated heterocycles. The van der Waals surface area contributed by atoms with Crippen LogP contribution in [0.2, 0.25) is 5.02 Å². The summed E-state index contributed by atoms with van der Waals surface area (Å²) in [4.78, 5) is 19.5. The van der Waals surface area contributed by atoms with Crippen LogP contribution in [0.1, 0.15) is 51.7 Å². The van der Waals surface area contributed by atoms with Gasteiger partial charge in [-0.05, 0) is 19.9 Å². The highest BCUT2D eigenvalue weighted by molar-refractivity contribution is 6.31. The third-order valence-electron chi connectivity index (χ3n) is 3.14. The smallest absolute Gasteiger partial charge is 0.182 e. The van der Waals surface area contributed by atoms with Crippen molar-refractivity contribution in [3.63, 3.8) is 0 Å². The summed E-state index contributed by atoms with van der Waals surface area (Å²) in [6.45, 7) is 14.0. The molecule has 2 aromatic rings. The largest absolute Gasteiger partial charge is 0.358 e. The van der Waals surface area contributed by atoms with Crippen molar-refractivity contribution in [2.24, 2.45) is 0 Å². The molecule has 0 fully saturated rings. The Bertz CT molecular complexity index is 712. The maximum absolute atomic E-state index is 11.6. The third-order valence-corrected chi connectivity index (χ3v) is 3.43. The van der Waals surface area contributed by atoms with E-state index in [0.29, 0.717) is 5.02 Å². The molecule has 2 heterocycles. The van der Waals surface area contributed by atoms with E-state index in [4.69, 9.17) is 11.6 Å². The SMILES string of the molecule is CC.Cc1cc(=O)cc(-c2cc(Cl)c(C(C)(C)C)nc2C)[nH]1. The van der Waals surface area contributed by atoms with E-state index in [1.165, 1.54) is 0 Å². The van der Waals surface area contributed by atoms with Crippen molar-refractivity contribution in [1.29, 1.82) is 0 Å². The molecule has 2 rings (SSSR count). The minimum atomic E-state index is -0.111. The van der Waals surface area contributed by atoms with Crippen LogP contribution in [-0.4, -0.2) is 9.97 Å². The van der Waals surface area contributed by atoms with Gasteiger partial charge in [-0.1, -0.05) is 46.2 Å². The van der Waals surface area contributed by atoms with E-state index >= 15 is 0 Å². The molecule has 1 N–H and O–H groups in total. The number of rotatable bonds is 1. The van der Waals surface area contributed by atoms with Crippen LogP contribution in [0.5, 0.6) is 0 Å². The van der Waals surface area contributed by atoms with E-state index < -0.39 is 0 Å². The Morgan fingerprint density at radius 3 is 2.18 bits per heavy atom. The molecule has 0 amide bonds. The molecule has 0 aliphatic rings. The van der Waals surface area contributed by atoms with E-state index in [1.54, 1.807) is 12.1 Å². The monoisotopic (exact) mass is 320 g/mol. The second kappa shape index (κ2) is 7.10. The Morgan fingerprint density at radius 1 is 1.09 bits per heavy atom. The fourth-order valence-electron chi connectivity index (χ4n) is 2.21. The van der Waals surface area contributed by atoms with Gasteiger partial charge in [0.1, 0.15) is 0 Å². The number of aromatic nitrogens is 2. The number of hydrogen-bond acceptors (Lipinski definition) is 2. The van der Waals surface area contributed by atoms with E-state index in [0.717, 1.165) is 28.3 Å². The highest BCUT2D eigenvalue weighted by atomic mass is 35.5. The quantitative estimate of drug-likeness (QED) is 0.800. The summed E-state index contributed by atoms with van der Waals surface area (Å²) in [5.41, 5.74) is 4.04. The molecule has 0 bridgehead atoms. The van der Waals surface area contributed by atoms with Crippen LogP contribution < -0.4 is 5.43 Å². The molecule has 0 unspecified atom stereocenters. The van der Waals surface area contributed by atoms with Gasteiger partial charge < -0.3 is 4.98 Å². The first-order chi connectivity index (χ1) is 10.2. The van der Waals surface area contributed by atoms with E-state index in [9.17, 15) is 4.79 Å². The molecule has 22 heavy (non-hydrogen) atoms. The Kier molecular flexibility index (Phi) is 5.95. The van der Waals surface area contributed by atoms with Gasteiger partial charge in [0.15, 0.2) is 5.43 Å². The zero-order valence-corrected chi connectivity index (χ0v) is 15.2. The summed E-state index contributed by atoms with van der Waals surface area (Å²) in [7, 11) is 0. The molecular formula is C18H25ClN2O. The second-order valence-electron chi connectivity index (χ2n) is 6.11. The first-order valence-corrected chi connectivity index (χ1v) is 7.95. The predicted molar refractivity (Wildman–Crippen MR) is 94.8 cm³/mol. The fraction of sp³-hybridized carbons (Fsp3) is 0.444. The van der Waals surface area contributed by atoms with Gasteiger partial charge in [-0.3, -0.25) is 9.78 Å². The van der Waals surface area contributed by atoms with Gasteiger partial charge in [0.2, 0.25) is 0 Å². The van der Waals surface area contributed by atoms with Crippen molar-refractivity contribution < 1.29 is 0 Å². The zero-order chi connectivity index (χ0) is 17.1. The molecule has 0 aliphatic carbocycles. The predicted octanol–water partition coefficient (Wildman–Crippen LogP) is 5.03. The summed E-state index contributed by atoms with van der Waals surface area (Å²) in [6, 6.07) is 5.02. The van der Waals surface area contributed by atoms with Crippen LogP contribution >= 0.6 is 11.6 Å².